The Morgan fingerprint density at radius 2 is 1.96 bits per heavy atom. The second-order valence-corrected chi connectivity index (χ2v) is 7.76. The third kappa shape index (κ3) is 3.32. The molecule has 0 unspecified atom stereocenters. The smallest absolute Gasteiger partial charge is 0.307 e. The molecule has 0 aliphatic carbocycles. The molecule has 1 fully saturated rings. The Morgan fingerprint density at radius 1 is 1.19 bits per heavy atom. The molecule has 27 heavy (non-hydrogen) atoms. The number of amides is 2. The van der Waals surface area contributed by atoms with Crippen LogP contribution in [0.25, 0.3) is 0 Å². The summed E-state index contributed by atoms with van der Waals surface area (Å²) in [6, 6.07) is 12.2. The van der Waals surface area contributed by atoms with Gasteiger partial charge in [0.05, 0.1) is 0 Å². The van der Waals surface area contributed by atoms with Crippen LogP contribution in [-0.4, -0.2) is 37.1 Å². The number of anilines is 2. The van der Waals surface area contributed by atoms with Gasteiger partial charge >= 0.3 is 6.03 Å². The van der Waals surface area contributed by atoms with E-state index in [4.69, 9.17) is 0 Å². The van der Waals surface area contributed by atoms with E-state index < -0.39 is 0 Å². The van der Waals surface area contributed by atoms with Gasteiger partial charge < -0.3 is 10.2 Å². The van der Waals surface area contributed by atoms with Gasteiger partial charge in [0.1, 0.15) is 5.82 Å². The summed E-state index contributed by atoms with van der Waals surface area (Å²) in [4.78, 5) is 17.3. The van der Waals surface area contributed by atoms with Crippen molar-refractivity contribution in [3.05, 3.63) is 59.4 Å². The molecule has 4 rings (SSSR count). The number of halogens is 1. The maximum Gasteiger partial charge on any atom is 0.326 e. The van der Waals surface area contributed by atoms with E-state index in [0.29, 0.717) is 12.2 Å². The van der Waals surface area contributed by atoms with Crippen LogP contribution in [0.15, 0.2) is 42.5 Å². The van der Waals surface area contributed by atoms with Crippen molar-refractivity contribution >= 4 is 17.4 Å². The molecule has 2 aromatic rings. The van der Waals surface area contributed by atoms with Crippen molar-refractivity contribution < 1.29 is 9.18 Å². The summed E-state index contributed by atoms with van der Waals surface area (Å²) < 4.78 is 13.5. The Balaban J connectivity index is 1.62. The molecule has 1 saturated heterocycles. The Morgan fingerprint density at radius 3 is 2.67 bits per heavy atom. The standard InChI is InChI=1S/C22H26FN3O/c1-3-25-11-9-22(10-12-25)15-26(20-8-7-16(2)13-19(20)22)21(27)24-18-6-4-5-17(23)14-18/h4-8,13-14H,3,9-12,15H2,1-2H3,(H,24,27). The molecular formula is C22H26FN3O. The van der Waals surface area contributed by atoms with Gasteiger partial charge in [-0.1, -0.05) is 30.7 Å². The summed E-state index contributed by atoms with van der Waals surface area (Å²) in [5.41, 5.74) is 3.99. The predicted molar refractivity (Wildman–Crippen MR) is 107 cm³/mol. The van der Waals surface area contributed by atoms with Crippen LogP contribution in [0.5, 0.6) is 0 Å². The molecule has 5 heteroatoms. The van der Waals surface area contributed by atoms with Gasteiger partial charge in [-0.3, -0.25) is 4.90 Å². The van der Waals surface area contributed by atoms with Crippen LogP contribution >= 0.6 is 0 Å². The number of carbonyl (C=O) groups excluding carboxylic acids is 1. The molecule has 2 amide bonds. The number of hydrogen-bond acceptors (Lipinski definition) is 2. The maximum absolute atomic E-state index is 13.5. The fourth-order valence-electron chi connectivity index (χ4n) is 4.45. The van der Waals surface area contributed by atoms with Crippen molar-refractivity contribution in [3.8, 4) is 0 Å². The number of likely N-dealkylation sites (tertiary alicyclic amines) is 1. The van der Waals surface area contributed by atoms with Gasteiger partial charge in [-0.25, -0.2) is 9.18 Å². The fourth-order valence-corrected chi connectivity index (χ4v) is 4.45. The SMILES string of the molecule is CCN1CCC2(CC1)CN(C(=O)Nc1cccc(F)c1)c1ccc(C)cc12. The number of benzene rings is 2. The molecular weight excluding hydrogens is 341 g/mol. The van der Waals surface area contributed by atoms with Crippen LogP contribution in [0.3, 0.4) is 0 Å². The predicted octanol–water partition coefficient (Wildman–Crippen LogP) is 4.54. The van der Waals surface area contributed by atoms with E-state index in [0.717, 1.165) is 38.2 Å². The molecule has 1 spiro atoms. The van der Waals surface area contributed by atoms with Gasteiger partial charge in [-0.05, 0) is 69.2 Å². The molecule has 1 N–H and O–H groups in total. The number of carbonyl (C=O) groups is 1. The summed E-state index contributed by atoms with van der Waals surface area (Å²) in [5.74, 6) is -0.353. The molecule has 2 aromatic carbocycles. The molecule has 0 bridgehead atoms. The third-order valence-electron chi connectivity index (χ3n) is 6.06. The van der Waals surface area contributed by atoms with Crippen molar-refractivity contribution in [2.45, 2.75) is 32.1 Å². The van der Waals surface area contributed by atoms with Gasteiger partial charge in [0.15, 0.2) is 0 Å². The van der Waals surface area contributed by atoms with E-state index in [-0.39, 0.29) is 17.3 Å². The lowest BCUT2D eigenvalue weighted by Gasteiger charge is -2.39. The van der Waals surface area contributed by atoms with E-state index in [2.05, 4.69) is 42.3 Å². The Labute approximate surface area is 160 Å². The Kier molecular flexibility index (Phi) is 4.64. The number of rotatable bonds is 2. The van der Waals surface area contributed by atoms with E-state index in [9.17, 15) is 9.18 Å². The minimum absolute atomic E-state index is 0.0201. The van der Waals surface area contributed by atoms with E-state index in [1.54, 1.807) is 12.1 Å². The zero-order chi connectivity index (χ0) is 19.0. The summed E-state index contributed by atoms with van der Waals surface area (Å²) >= 11 is 0. The number of nitrogens with zero attached hydrogens (tertiary/aromatic N) is 2. The minimum atomic E-state index is -0.353. The fraction of sp³-hybridized carbons (Fsp3) is 0.409. The van der Waals surface area contributed by atoms with Crippen molar-refractivity contribution in [2.24, 2.45) is 0 Å². The van der Waals surface area contributed by atoms with Crippen LogP contribution < -0.4 is 10.2 Å². The van der Waals surface area contributed by atoms with Crippen molar-refractivity contribution in [1.82, 2.24) is 4.90 Å². The van der Waals surface area contributed by atoms with Crippen LogP contribution in [-0.2, 0) is 5.41 Å². The molecule has 0 atom stereocenters. The zero-order valence-corrected chi connectivity index (χ0v) is 16.0. The van der Waals surface area contributed by atoms with E-state index in [1.165, 1.54) is 23.3 Å². The number of aryl methyl sites for hydroxylation is 1. The number of fused-ring (bicyclic) bond motifs is 2. The summed E-state index contributed by atoms with van der Waals surface area (Å²) in [7, 11) is 0. The minimum Gasteiger partial charge on any atom is -0.307 e. The highest BCUT2D eigenvalue weighted by Crippen LogP contribution is 2.47. The van der Waals surface area contributed by atoms with Crippen LogP contribution in [0.4, 0.5) is 20.6 Å². The number of nitrogens with one attached hydrogen (secondary N) is 1. The summed E-state index contributed by atoms with van der Waals surface area (Å²) in [6.45, 7) is 8.17. The number of urea groups is 1. The van der Waals surface area contributed by atoms with Gasteiger partial charge in [-0.2, -0.15) is 0 Å². The molecule has 0 aromatic heterocycles. The van der Waals surface area contributed by atoms with Gasteiger partial charge in [0.2, 0.25) is 0 Å². The number of piperidine rings is 1. The second kappa shape index (κ2) is 6.97. The third-order valence-corrected chi connectivity index (χ3v) is 6.06. The van der Waals surface area contributed by atoms with Crippen LogP contribution in [0.2, 0.25) is 0 Å². The molecule has 2 aliphatic heterocycles. The summed E-state index contributed by atoms with van der Waals surface area (Å²) in [5, 5.41) is 2.86. The molecule has 0 saturated carbocycles. The molecule has 0 radical (unpaired) electrons. The molecule has 142 valence electrons. The topological polar surface area (TPSA) is 35.6 Å². The first-order chi connectivity index (χ1) is 13.0. The zero-order valence-electron chi connectivity index (χ0n) is 16.0. The molecule has 2 aliphatic rings. The van der Waals surface area contributed by atoms with E-state index in [1.807, 2.05) is 4.90 Å². The maximum atomic E-state index is 13.5. The lowest BCUT2D eigenvalue weighted by atomic mass is 9.74. The monoisotopic (exact) mass is 367 g/mol. The van der Waals surface area contributed by atoms with Crippen LogP contribution in [0.1, 0.15) is 30.9 Å². The Hall–Kier alpha value is -2.40. The quantitative estimate of drug-likeness (QED) is 0.846. The van der Waals surface area contributed by atoms with Gasteiger partial charge in [0, 0.05) is 23.3 Å². The average Bonchev–Trinajstić information content (AvgIpc) is 2.96. The second-order valence-electron chi connectivity index (χ2n) is 7.76. The van der Waals surface area contributed by atoms with Crippen molar-refractivity contribution in [1.29, 1.82) is 0 Å². The normalized spacial score (nSPS) is 18.6. The molecule has 2 heterocycles. The van der Waals surface area contributed by atoms with Crippen LogP contribution in [0, 0.1) is 12.7 Å². The van der Waals surface area contributed by atoms with E-state index >= 15 is 0 Å². The first-order valence-corrected chi connectivity index (χ1v) is 9.68. The highest BCUT2D eigenvalue weighted by Gasteiger charge is 2.46. The Bertz CT molecular complexity index is 858. The highest BCUT2D eigenvalue weighted by atomic mass is 19.1. The van der Waals surface area contributed by atoms with Gasteiger partial charge in [-0.15, -0.1) is 0 Å². The lowest BCUT2D eigenvalue weighted by molar-refractivity contribution is 0.173. The lowest BCUT2D eigenvalue weighted by Crippen LogP contribution is -2.46. The highest BCUT2D eigenvalue weighted by molar-refractivity contribution is 6.03. The summed E-state index contributed by atoms with van der Waals surface area (Å²) in [6.07, 6.45) is 2.11. The van der Waals surface area contributed by atoms with Gasteiger partial charge in [0.25, 0.3) is 0 Å². The number of hydrogen-bond donors (Lipinski definition) is 1. The first kappa shape index (κ1) is 18.0. The average molecular weight is 367 g/mol. The van der Waals surface area contributed by atoms with Crippen molar-refractivity contribution in [3.63, 3.8) is 0 Å². The largest absolute Gasteiger partial charge is 0.326 e. The first-order valence-electron chi connectivity index (χ1n) is 9.68. The molecule has 4 nitrogen and oxygen atoms in total. The van der Waals surface area contributed by atoms with Crippen molar-refractivity contribution in [2.75, 3.05) is 36.4 Å².